The lowest BCUT2D eigenvalue weighted by Crippen LogP contribution is -2.26. The minimum Gasteiger partial charge on any atom is -0.352 e. The predicted molar refractivity (Wildman–Crippen MR) is 66.9 cm³/mol. The standard InChI is InChI=1S/C13H19N3O/c1-10-2-3-12(9-16-10)13(17)15-7-5-11-4-6-14-8-11/h2-3,9,11,14H,4-8H2,1H3,(H,15,17). The Kier molecular flexibility index (Phi) is 4.09. The van der Waals surface area contributed by atoms with E-state index in [0.717, 1.165) is 31.7 Å². The quantitative estimate of drug-likeness (QED) is 0.819. The molecular formula is C13H19N3O. The molecule has 1 aromatic rings. The molecule has 1 aliphatic rings. The van der Waals surface area contributed by atoms with E-state index in [9.17, 15) is 4.79 Å². The first-order valence-corrected chi connectivity index (χ1v) is 6.17. The van der Waals surface area contributed by atoms with E-state index in [-0.39, 0.29) is 5.91 Å². The molecule has 0 aromatic carbocycles. The van der Waals surface area contributed by atoms with Gasteiger partial charge in [0.05, 0.1) is 5.56 Å². The minimum atomic E-state index is -0.0246. The van der Waals surface area contributed by atoms with Crippen LogP contribution in [0, 0.1) is 12.8 Å². The molecule has 1 fully saturated rings. The third-order valence-corrected chi connectivity index (χ3v) is 3.17. The Morgan fingerprint density at radius 3 is 3.12 bits per heavy atom. The summed E-state index contributed by atoms with van der Waals surface area (Å²) in [5.74, 6) is 0.690. The Hall–Kier alpha value is -1.42. The minimum absolute atomic E-state index is 0.0246. The number of rotatable bonds is 4. The third kappa shape index (κ3) is 3.53. The van der Waals surface area contributed by atoms with Crippen molar-refractivity contribution in [1.29, 1.82) is 0 Å². The molecule has 4 nitrogen and oxygen atoms in total. The van der Waals surface area contributed by atoms with Gasteiger partial charge in [-0.05, 0) is 50.9 Å². The molecule has 2 rings (SSSR count). The van der Waals surface area contributed by atoms with Gasteiger partial charge in [-0.2, -0.15) is 0 Å². The van der Waals surface area contributed by atoms with Crippen molar-refractivity contribution < 1.29 is 4.79 Å². The van der Waals surface area contributed by atoms with Crippen LogP contribution in [-0.2, 0) is 0 Å². The van der Waals surface area contributed by atoms with Crippen molar-refractivity contribution in [1.82, 2.24) is 15.6 Å². The van der Waals surface area contributed by atoms with E-state index in [1.807, 2.05) is 19.1 Å². The summed E-state index contributed by atoms with van der Waals surface area (Å²) in [6, 6.07) is 3.67. The monoisotopic (exact) mass is 233 g/mol. The van der Waals surface area contributed by atoms with Crippen LogP contribution in [-0.4, -0.2) is 30.5 Å². The Labute approximate surface area is 102 Å². The molecule has 0 saturated carbocycles. The molecule has 4 heteroatoms. The molecule has 1 aliphatic heterocycles. The van der Waals surface area contributed by atoms with Crippen LogP contribution in [0.5, 0.6) is 0 Å². The zero-order chi connectivity index (χ0) is 12.1. The van der Waals surface area contributed by atoms with E-state index >= 15 is 0 Å². The molecule has 17 heavy (non-hydrogen) atoms. The molecule has 0 spiro atoms. The van der Waals surface area contributed by atoms with Gasteiger partial charge in [-0.15, -0.1) is 0 Å². The van der Waals surface area contributed by atoms with Crippen molar-refractivity contribution in [2.75, 3.05) is 19.6 Å². The van der Waals surface area contributed by atoms with Crippen LogP contribution in [0.3, 0.4) is 0 Å². The van der Waals surface area contributed by atoms with Gasteiger partial charge in [0.2, 0.25) is 0 Å². The lowest BCUT2D eigenvalue weighted by atomic mass is 10.1. The summed E-state index contributed by atoms with van der Waals surface area (Å²) < 4.78 is 0. The molecule has 1 atom stereocenters. The molecule has 92 valence electrons. The molecule has 1 unspecified atom stereocenters. The Bertz CT molecular complexity index is 369. The fraction of sp³-hybridized carbons (Fsp3) is 0.538. The van der Waals surface area contributed by atoms with Crippen LogP contribution in [0.25, 0.3) is 0 Å². The van der Waals surface area contributed by atoms with Crippen molar-refractivity contribution in [2.45, 2.75) is 19.8 Å². The molecule has 1 amide bonds. The van der Waals surface area contributed by atoms with E-state index in [1.165, 1.54) is 6.42 Å². The van der Waals surface area contributed by atoms with Crippen LogP contribution in [0.2, 0.25) is 0 Å². The summed E-state index contributed by atoms with van der Waals surface area (Å²) in [4.78, 5) is 15.9. The number of aryl methyl sites for hydroxylation is 1. The van der Waals surface area contributed by atoms with Gasteiger partial charge in [0.25, 0.3) is 5.91 Å². The van der Waals surface area contributed by atoms with Crippen molar-refractivity contribution >= 4 is 5.91 Å². The largest absolute Gasteiger partial charge is 0.352 e. The van der Waals surface area contributed by atoms with E-state index in [2.05, 4.69) is 15.6 Å². The number of pyridine rings is 1. The number of hydrogen-bond donors (Lipinski definition) is 2. The second kappa shape index (κ2) is 5.77. The fourth-order valence-electron chi connectivity index (χ4n) is 2.05. The molecule has 0 bridgehead atoms. The van der Waals surface area contributed by atoms with Gasteiger partial charge in [0.15, 0.2) is 0 Å². The number of aromatic nitrogens is 1. The Morgan fingerprint density at radius 1 is 1.59 bits per heavy atom. The van der Waals surface area contributed by atoms with E-state index in [0.29, 0.717) is 11.5 Å². The zero-order valence-electron chi connectivity index (χ0n) is 10.2. The van der Waals surface area contributed by atoms with Crippen molar-refractivity contribution in [2.24, 2.45) is 5.92 Å². The molecular weight excluding hydrogens is 214 g/mol. The third-order valence-electron chi connectivity index (χ3n) is 3.17. The smallest absolute Gasteiger partial charge is 0.252 e. The maximum absolute atomic E-state index is 11.8. The van der Waals surface area contributed by atoms with Gasteiger partial charge in [0, 0.05) is 18.4 Å². The van der Waals surface area contributed by atoms with Crippen molar-refractivity contribution in [3.8, 4) is 0 Å². The van der Waals surface area contributed by atoms with Gasteiger partial charge in [0.1, 0.15) is 0 Å². The summed E-state index contributed by atoms with van der Waals surface area (Å²) in [6.07, 6.45) is 3.90. The lowest BCUT2D eigenvalue weighted by Gasteiger charge is -2.09. The summed E-state index contributed by atoms with van der Waals surface area (Å²) >= 11 is 0. The first kappa shape index (κ1) is 12.0. The van der Waals surface area contributed by atoms with Crippen LogP contribution in [0.15, 0.2) is 18.3 Å². The molecule has 1 aromatic heterocycles. The number of hydrogen-bond acceptors (Lipinski definition) is 3. The number of nitrogens with one attached hydrogen (secondary N) is 2. The fourth-order valence-corrected chi connectivity index (χ4v) is 2.05. The predicted octanol–water partition coefficient (Wildman–Crippen LogP) is 1.12. The van der Waals surface area contributed by atoms with E-state index in [1.54, 1.807) is 6.20 Å². The number of amides is 1. The van der Waals surface area contributed by atoms with Crippen LogP contribution in [0.4, 0.5) is 0 Å². The second-order valence-electron chi connectivity index (χ2n) is 4.59. The first-order valence-electron chi connectivity index (χ1n) is 6.17. The number of nitrogens with zero attached hydrogens (tertiary/aromatic N) is 1. The molecule has 2 N–H and O–H groups in total. The first-order chi connectivity index (χ1) is 8.25. The lowest BCUT2D eigenvalue weighted by molar-refractivity contribution is 0.0951. The zero-order valence-corrected chi connectivity index (χ0v) is 10.2. The van der Waals surface area contributed by atoms with Crippen LogP contribution < -0.4 is 10.6 Å². The summed E-state index contributed by atoms with van der Waals surface area (Å²) in [5, 5.41) is 6.26. The van der Waals surface area contributed by atoms with Gasteiger partial charge >= 0.3 is 0 Å². The topological polar surface area (TPSA) is 54.0 Å². The van der Waals surface area contributed by atoms with Gasteiger partial charge in [-0.25, -0.2) is 0 Å². The summed E-state index contributed by atoms with van der Waals surface area (Å²) in [7, 11) is 0. The normalized spacial score (nSPS) is 19.2. The van der Waals surface area contributed by atoms with Gasteiger partial charge in [-0.3, -0.25) is 9.78 Å². The maximum atomic E-state index is 11.8. The highest BCUT2D eigenvalue weighted by atomic mass is 16.1. The Morgan fingerprint density at radius 2 is 2.47 bits per heavy atom. The number of carbonyl (C=O) groups excluding carboxylic acids is 1. The van der Waals surface area contributed by atoms with Crippen molar-refractivity contribution in [3.05, 3.63) is 29.6 Å². The highest BCUT2D eigenvalue weighted by Crippen LogP contribution is 2.10. The highest BCUT2D eigenvalue weighted by molar-refractivity contribution is 5.93. The molecule has 0 radical (unpaired) electrons. The summed E-state index contributed by atoms with van der Waals surface area (Å²) in [6.45, 7) is 4.86. The van der Waals surface area contributed by atoms with Crippen molar-refractivity contribution in [3.63, 3.8) is 0 Å². The number of carbonyl (C=O) groups is 1. The van der Waals surface area contributed by atoms with Crippen LogP contribution in [0.1, 0.15) is 28.9 Å². The maximum Gasteiger partial charge on any atom is 0.252 e. The average molecular weight is 233 g/mol. The van der Waals surface area contributed by atoms with Gasteiger partial charge in [-0.1, -0.05) is 0 Å². The Balaban J connectivity index is 1.75. The molecule has 2 heterocycles. The van der Waals surface area contributed by atoms with Crippen LogP contribution >= 0.6 is 0 Å². The molecule has 1 saturated heterocycles. The summed E-state index contributed by atoms with van der Waals surface area (Å²) in [5.41, 5.74) is 1.57. The second-order valence-corrected chi connectivity index (χ2v) is 4.59. The SMILES string of the molecule is Cc1ccc(C(=O)NCCC2CCNC2)cn1. The van der Waals surface area contributed by atoms with Gasteiger partial charge < -0.3 is 10.6 Å². The highest BCUT2D eigenvalue weighted by Gasteiger charge is 2.14. The van der Waals surface area contributed by atoms with E-state index in [4.69, 9.17) is 0 Å². The van der Waals surface area contributed by atoms with E-state index < -0.39 is 0 Å². The average Bonchev–Trinajstić information content (AvgIpc) is 2.83. The molecule has 0 aliphatic carbocycles.